The molecule has 0 aliphatic rings. The van der Waals surface area contributed by atoms with Crippen molar-refractivity contribution in [2.45, 2.75) is 33.8 Å². The Morgan fingerprint density at radius 3 is 2.46 bits per heavy atom. The van der Waals surface area contributed by atoms with Gasteiger partial charge in [-0.25, -0.2) is 9.78 Å². The van der Waals surface area contributed by atoms with E-state index in [0.29, 0.717) is 5.69 Å². The van der Waals surface area contributed by atoms with E-state index in [1.165, 1.54) is 11.3 Å². The number of aromatic nitrogens is 1. The Balaban J connectivity index is 2.82. The molecular formula is C9H13NO2S. The normalized spacial score (nSPS) is 10.5. The molecular weight excluding hydrogens is 186 g/mol. The van der Waals surface area contributed by atoms with Crippen LogP contribution in [-0.4, -0.2) is 17.1 Å². The number of thiazole rings is 1. The van der Waals surface area contributed by atoms with Gasteiger partial charge in [-0.15, -0.1) is 11.3 Å². The summed E-state index contributed by atoms with van der Waals surface area (Å²) in [5, 5.41) is 0.896. The van der Waals surface area contributed by atoms with Crippen LogP contribution in [0.2, 0.25) is 0 Å². The fraction of sp³-hybridized carbons (Fsp3) is 0.556. The van der Waals surface area contributed by atoms with Gasteiger partial charge in [0.15, 0.2) is 5.69 Å². The molecule has 13 heavy (non-hydrogen) atoms. The van der Waals surface area contributed by atoms with Crippen molar-refractivity contribution in [3.63, 3.8) is 0 Å². The first-order valence-corrected chi connectivity index (χ1v) is 4.97. The molecule has 0 unspecified atom stereocenters. The number of aryl methyl sites for hydroxylation is 2. The molecule has 0 aliphatic heterocycles. The lowest BCUT2D eigenvalue weighted by molar-refractivity contribution is 0.0371. The topological polar surface area (TPSA) is 39.2 Å². The lowest BCUT2D eigenvalue weighted by atomic mass is 10.4. The molecule has 72 valence electrons. The van der Waals surface area contributed by atoms with Gasteiger partial charge >= 0.3 is 5.97 Å². The first kappa shape index (κ1) is 10.2. The van der Waals surface area contributed by atoms with Crippen LogP contribution < -0.4 is 0 Å². The first-order chi connectivity index (χ1) is 6.00. The molecule has 0 spiro atoms. The minimum absolute atomic E-state index is 0.0890. The molecule has 0 atom stereocenters. The monoisotopic (exact) mass is 199 g/mol. The van der Waals surface area contributed by atoms with Crippen molar-refractivity contribution in [2.75, 3.05) is 0 Å². The van der Waals surface area contributed by atoms with Crippen LogP contribution in [0.5, 0.6) is 0 Å². The Morgan fingerprint density at radius 1 is 1.46 bits per heavy atom. The molecule has 0 aliphatic carbocycles. The van der Waals surface area contributed by atoms with Gasteiger partial charge in [0.25, 0.3) is 0 Å². The third-order valence-corrected chi connectivity index (χ3v) is 2.33. The van der Waals surface area contributed by atoms with Gasteiger partial charge in [-0.2, -0.15) is 0 Å². The highest BCUT2D eigenvalue weighted by atomic mass is 32.1. The van der Waals surface area contributed by atoms with Gasteiger partial charge in [0, 0.05) is 4.88 Å². The number of hydrogen-bond donors (Lipinski definition) is 0. The van der Waals surface area contributed by atoms with Crippen LogP contribution in [0.15, 0.2) is 0 Å². The third kappa shape index (κ3) is 2.52. The molecule has 1 heterocycles. The average Bonchev–Trinajstić information content (AvgIpc) is 2.28. The minimum Gasteiger partial charge on any atom is -0.458 e. The van der Waals surface area contributed by atoms with Crippen LogP contribution in [0, 0.1) is 13.8 Å². The minimum atomic E-state index is -0.322. The molecule has 0 N–H and O–H groups in total. The average molecular weight is 199 g/mol. The molecule has 0 saturated carbocycles. The van der Waals surface area contributed by atoms with Crippen LogP contribution in [0.1, 0.15) is 34.2 Å². The highest BCUT2D eigenvalue weighted by Gasteiger charge is 2.16. The van der Waals surface area contributed by atoms with E-state index in [1.54, 1.807) is 0 Å². The fourth-order valence-corrected chi connectivity index (χ4v) is 1.79. The standard InChI is InChI=1S/C9H13NO2S/c1-5(2)12-9(11)8-6(3)13-7(4)10-8/h5H,1-4H3. The van der Waals surface area contributed by atoms with Gasteiger partial charge in [-0.1, -0.05) is 0 Å². The molecule has 1 aromatic rings. The second-order valence-corrected chi connectivity index (χ2v) is 4.50. The molecule has 3 nitrogen and oxygen atoms in total. The Hall–Kier alpha value is -0.900. The lowest BCUT2D eigenvalue weighted by Crippen LogP contribution is -2.12. The summed E-state index contributed by atoms with van der Waals surface area (Å²) < 4.78 is 5.04. The molecule has 1 rings (SSSR count). The summed E-state index contributed by atoms with van der Waals surface area (Å²) in [6.45, 7) is 7.41. The molecule has 4 heteroatoms. The number of nitrogens with zero attached hydrogens (tertiary/aromatic N) is 1. The highest BCUT2D eigenvalue weighted by molar-refractivity contribution is 7.11. The van der Waals surface area contributed by atoms with E-state index in [-0.39, 0.29) is 12.1 Å². The smallest absolute Gasteiger partial charge is 0.358 e. The van der Waals surface area contributed by atoms with Crippen molar-refractivity contribution in [2.24, 2.45) is 0 Å². The fourth-order valence-electron chi connectivity index (χ4n) is 0.988. The molecule has 0 amide bonds. The predicted octanol–water partition coefficient (Wildman–Crippen LogP) is 2.33. The van der Waals surface area contributed by atoms with Crippen LogP contribution in [-0.2, 0) is 4.74 Å². The summed E-state index contributed by atoms with van der Waals surface area (Å²) in [7, 11) is 0. The lowest BCUT2D eigenvalue weighted by Gasteiger charge is -2.05. The molecule has 0 bridgehead atoms. The van der Waals surface area contributed by atoms with Gasteiger partial charge in [0.05, 0.1) is 11.1 Å². The van der Waals surface area contributed by atoms with Gasteiger partial charge in [-0.05, 0) is 27.7 Å². The Morgan fingerprint density at radius 2 is 2.08 bits per heavy atom. The Kier molecular flexibility index (Phi) is 3.03. The number of esters is 1. The zero-order valence-electron chi connectivity index (χ0n) is 8.25. The zero-order valence-corrected chi connectivity index (χ0v) is 9.07. The Labute approximate surface area is 81.8 Å². The third-order valence-electron chi connectivity index (χ3n) is 1.44. The van der Waals surface area contributed by atoms with Crippen molar-refractivity contribution in [3.8, 4) is 0 Å². The molecule has 1 aromatic heterocycles. The predicted molar refractivity (Wildman–Crippen MR) is 52.1 cm³/mol. The van der Waals surface area contributed by atoms with E-state index in [2.05, 4.69) is 4.98 Å². The number of rotatable bonds is 2. The number of hydrogen-bond acceptors (Lipinski definition) is 4. The summed E-state index contributed by atoms with van der Waals surface area (Å²) in [5.41, 5.74) is 0.455. The number of ether oxygens (including phenoxy) is 1. The van der Waals surface area contributed by atoms with E-state index in [1.807, 2.05) is 27.7 Å². The largest absolute Gasteiger partial charge is 0.458 e. The van der Waals surface area contributed by atoms with Gasteiger partial charge in [0.2, 0.25) is 0 Å². The molecule has 0 fully saturated rings. The summed E-state index contributed by atoms with van der Waals surface area (Å²) in [6.07, 6.45) is -0.0890. The van der Waals surface area contributed by atoms with Crippen molar-refractivity contribution >= 4 is 17.3 Å². The molecule has 0 aromatic carbocycles. The van der Waals surface area contributed by atoms with Crippen molar-refractivity contribution in [3.05, 3.63) is 15.6 Å². The van der Waals surface area contributed by atoms with Crippen LogP contribution in [0.25, 0.3) is 0 Å². The SMILES string of the molecule is Cc1nc(C(=O)OC(C)C)c(C)s1. The van der Waals surface area contributed by atoms with E-state index < -0.39 is 0 Å². The number of carbonyl (C=O) groups excluding carboxylic acids is 1. The van der Waals surface area contributed by atoms with Gasteiger partial charge in [0.1, 0.15) is 0 Å². The zero-order chi connectivity index (χ0) is 10.0. The van der Waals surface area contributed by atoms with Crippen molar-refractivity contribution < 1.29 is 9.53 Å². The second-order valence-electron chi connectivity index (χ2n) is 3.09. The second kappa shape index (κ2) is 3.87. The summed E-state index contributed by atoms with van der Waals surface area (Å²) in [4.78, 5) is 16.4. The first-order valence-electron chi connectivity index (χ1n) is 4.15. The maximum absolute atomic E-state index is 11.4. The highest BCUT2D eigenvalue weighted by Crippen LogP contribution is 2.17. The van der Waals surface area contributed by atoms with E-state index in [0.717, 1.165) is 9.88 Å². The van der Waals surface area contributed by atoms with Gasteiger partial charge in [-0.3, -0.25) is 0 Å². The molecule has 0 saturated heterocycles. The van der Waals surface area contributed by atoms with Crippen LogP contribution in [0.3, 0.4) is 0 Å². The Bertz CT molecular complexity index is 317. The number of carbonyl (C=O) groups is 1. The molecule has 0 radical (unpaired) electrons. The van der Waals surface area contributed by atoms with Crippen molar-refractivity contribution in [1.29, 1.82) is 0 Å². The van der Waals surface area contributed by atoms with E-state index in [9.17, 15) is 4.79 Å². The van der Waals surface area contributed by atoms with Crippen LogP contribution in [0.4, 0.5) is 0 Å². The van der Waals surface area contributed by atoms with Gasteiger partial charge < -0.3 is 4.74 Å². The maximum atomic E-state index is 11.4. The maximum Gasteiger partial charge on any atom is 0.358 e. The summed E-state index contributed by atoms with van der Waals surface area (Å²) >= 11 is 1.51. The summed E-state index contributed by atoms with van der Waals surface area (Å²) in [5.74, 6) is -0.322. The summed E-state index contributed by atoms with van der Waals surface area (Å²) in [6, 6.07) is 0. The quantitative estimate of drug-likeness (QED) is 0.686. The van der Waals surface area contributed by atoms with E-state index >= 15 is 0 Å². The van der Waals surface area contributed by atoms with E-state index in [4.69, 9.17) is 4.74 Å². The van der Waals surface area contributed by atoms with Crippen LogP contribution >= 0.6 is 11.3 Å². The van der Waals surface area contributed by atoms with Crippen molar-refractivity contribution in [1.82, 2.24) is 4.98 Å².